The zero-order valence-corrected chi connectivity index (χ0v) is 12.2. The van der Waals surface area contributed by atoms with Crippen molar-refractivity contribution in [2.45, 2.75) is 12.6 Å². The fourth-order valence-electron chi connectivity index (χ4n) is 2.37. The molecule has 2 aromatic rings. The molecule has 3 rings (SSSR count). The lowest BCUT2D eigenvalue weighted by Crippen LogP contribution is -2.55. The topological polar surface area (TPSA) is 78.9 Å². The Morgan fingerprint density at radius 1 is 1.18 bits per heavy atom. The van der Waals surface area contributed by atoms with Crippen LogP contribution in [0.25, 0.3) is 11.4 Å². The molecule has 1 fully saturated rings. The Morgan fingerprint density at radius 2 is 1.95 bits per heavy atom. The smallest absolute Gasteiger partial charge is 0.238 e. The van der Waals surface area contributed by atoms with E-state index in [1.165, 1.54) is 0 Å². The molecule has 1 aliphatic rings. The number of benzene rings is 1. The molecule has 1 aromatic heterocycles. The molecule has 1 aliphatic heterocycles. The Kier molecular flexibility index (Phi) is 4.72. The lowest BCUT2D eigenvalue weighted by Gasteiger charge is -2.23. The second-order valence-electron chi connectivity index (χ2n) is 5.20. The Morgan fingerprint density at radius 3 is 2.64 bits per heavy atom. The van der Waals surface area contributed by atoms with Crippen molar-refractivity contribution in [1.82, 2.24) is 25.9 Å². The van der Waals surface area contributed by atoms with Gasteiger partial charge in [-0.15, -0.1) is 0 Å². The van der Waals surface area contributed by atoms with Crippen molar-refractivity contribution >= 4 is 5.91 Å². The third-order valence-corrected chi connectivity index (χ3v) is 3.60. The molecule has 3 N–H and O–H groups in total. The first-order valence-corrected chi connectivity index (χ1v) is 7.41. The summed E-state index contributed by atoms with van der Waals surface area (Å²) in [6, 6.07) is 9.55. The molecule has 1 amide bonds. The zero-order valence-electron chi connectivity index (χ0n) is 12.2. The van der Waals surface area contributed by atoms with E-state index in [0.29, 0.717) is 18.9 Å². The molecule has 114 valence electrons. The van der Waals surface area contributed by atoms with Crippen LogP contribution in [0, 0.1) is 0 Å². The molecule has 6 nitrogen and oxygen atoms in total. The number of hydrogen-bond acceptors (Lipinski definition) is 5. The van der Waals surface area contributed by atoms with Gasteiger partial charge in [0, 0.05) is 44.1 Å². The third kappa shape index (κ3) is 3.66. The van der Waals surface area contributed by atoms with Crippen molar-refractivity contribution < 1.29 is 4.79 Å². The maximum absolute atomic E-state index is 12.0. The highest BCUT2D eigenvalue weighted by molar-refractivity contribution is 5.82. The van der Waals surface area contributed by atoms with E-state index in [4.69, 9.17) is 0 Å². The van der Waals surface area contributed by atoms with Gasteiger partial charge in [-0.05, 0) is 11.6 Å². The summed E-state index contributed by atoms with van der Waals surface area (Å²) < 4.78 is 0. The molecule has 6 heteroatoms. The van der Waals surface area contributed by atoms with Gasteiger partial charge in [-0.3, -0.25) is 4.79 Å². The molecule has 0 spiro atoms. The van der Waals surface area contributed by atoms with Crippen LogP contribution in [0.15, 0.2) is 42.7 Å². The van der Waals surface area contributed by atoms with Crippen molar-refractivity contribution in [3.63, 3.8) is 0 Å². The van der Waals surface area contributed by atoms with Crippen molar-refractivity contribution in [1.29, 1.82) is 0 Å². The normalized spacial score (nSPS) is 17.9. The fraction of sp³-hybridized carbons (Fsp3) is 0.312. The minimum Gasteiger partial charge on any atom is -0.351 e. The van der Waals surface area contributed by atoms with Gasteiger partial charge >= 0.3 is 0 Å². The number of nitrogens with one attached hydrogen (secondary N) is 3. The van der Waals surface area contributed by atoms with E-state index in [1.54, 1.807) is 18.5 Å². The molecule has 1 atom stereocenters. The van der Waals surface area contributed by atoms with E-state index >= 15 is 0 Å². The van der Waals surface area contributed by atoms with Crippen molar-refractivity contribution in [3.05, 3.63) is 48.3 Å². The van der Waals surface area contributed by atoms with E-state index < -0.39 is 0 Å². The zero-order chi connectivity index (χ0) is 15.2. The molecule has 1 aromatic carbocycles. The van der Waals surface area contributed by atoms with E-state index in [0.717, 1.165) is 24.2 Å². The SMILES string of the molecule is O=C(NCc1ccc(-c2ncccn2)cc1)C1CNCCN1. The number of carbonyl (C=O) groups is 1. The first-order valence-electron chi connectivity index (χ1n) is 7.41. The predicted octanol–water partition coefficient (Wildman–Crippen LogP) is 0.321. The largest absolute Gasteiger partial charge is 0.351 e. The lowest BCUT2D eigenvalue weighted by molar-refractivity contribution is -0.123. The minimum absolute atomic E-state index is 0.0302. The summed E-state index contributed by atoms with van der Waals surface area (Å²) in [5.41, 5.74) is 2.02. The van der Waals surface area contributed by atoms with E-state index in [2.05, 4.69) is 25.9 Å². The summed E-state index contributed by atoms with van der Waals surface area (Å²) in [7, 11) is 0. The Hall–Kier alpha value is -2.31. The molecule has 0 saturated carbocycles. The molecule has 0 aliphatic carbocycles. The van der Waals surface area contributed by atoms with Gasteiger partial charge in [0.25, 0.3) is 0 Å². The number of nitrogens with zero attached hydrogens (tertiary/aromatic N) is 2. The fourth-order valence-corrected chi connectivity index (χ4v) is 2.37. The van der Waals surface area contributed by atoms with Crippen LogP contribution in [0.3, 0.4) is 0 Å². The Balaban J connectivity index is 1.56. The van der Waals surface area contributed by atoms with Crippen LogP contribution in [-0.2, 0) is 11.3 Å². The number of amides is 1. The van der Waals surface area contributed by atoms with Crippen molar-refractivity contribution in [3.8, 4) is 11.4 Å². The van der Waals surface area contributed by atoms with Crippen LogP contribution in [0.2, 0.25) is 0 Å². The maximum Gasteiger partial charge on any atom is 0.238 e. The summed E-state index contributed by atoms with van der Waals surface area (Å²) in [5, 5.41) is 9.35. The van der Waals surface area contributed by atoms with E-state index in [-0.39, 0.29) is 11.9 Å². The molecule has 22 heavy (non-hydrogen) atoms. The molecule has 0 radical (unpaired) electrons. The highest BCUT2D eigenvalue weighted by atomic mass is 16.2. The van der Waals surface area contributed by atoms with Gasteiger partial charge in [0.05, 0.1) is 6.04 Å². The molecule has 1 unspecified atom stereocenters. The summed E-state index contributed by atoms with van der Waals surface area (Å²) >= 11 is 0. The summed E-state index contributed by atoms with van der Waals surface area (Å²) in [4.78, 5) is 20.5. The van der Waals surface area contributed by atoms with Gasteiger partial charge in [0.1, 0.15) is 0 Å². The van der Waals surface area contributed by atoms with E-state index in [9.17, 15) is 4.79 Å². The number of rotatable bonds is 4. The van der Waals surface area contributed by atoms with Crippen LogP contribution in [0.5, 0.6) is 0 Å². The minimum atomic E-state index is -0.147. The number of piperazine rings is 1. The van der Waals surface area contributed by atoms with Gasteiger partial charge in [0.15, 0.2) is 5.82 Å². The second-order valence-corrected chi connectivity index (χ2v) is 5.20. The highest BCUT2D eigenvalue weighted by Gasteiger charge is 2.19. The third-order valence-electron chi connectivity index (χ3n) is 3.60. The molecular formula is C16H19N5O. The second kappa shape index (κ2) is 7.11. The lowest BCUT2D eigenvalue weighted by atomic mass is 10.1. The standard InChI is InChI=1S/C16H19N5O/c22-16(14-11-17-8-9-18-14)21-10-12-2-4-13(5-3-12)15-19-6-1-7-20-15/h1-7,14,17-18H,8-11H2,(H,21,22). The Labute approximate surface area is 129 Å². The van der Waals surface area contributed by atoms with Crippen molar-refractivity contribution in [2.75, 3.05) is 19.6 Å². The van der Waals surface area contributed by atoms with Gasteiger partial charge in [-0.1, -0.05) is 24.3 Å². The van der Waals surface area contributed by atoms with Gasteiger partial charge < -0.3 is 16.0 Å². The highest BCUT2D eigenvalue weighted by Crippen LogP contribution is 2.14. The average molecular weight is 297 g/mol. The number of hydrogen-bond donors (Lipinski definition) is 3. The molecule has 1 saturated heterocycles. The molecule has 0 bridgehead atoms. The Bertz CT molecular complexity index is 608. The summed E-state index contributed by atoms with van der Waals surface area (Å²) in [6.45, 7) is 2.93. The van der Waals surface area contributed by atoms with Gasteiger partial charge in [-0.2, -0.15) is 0 Å². The van der Waals surface area contributed by atoms with Crippen LogP contribution in [0.4, 0.5) is 0 Å². The van der Waals surface area contributed by atoms with Crippen molar-refractivity contribution in [2.24, 2.45) is 0 Å². The monoisotopic (exact) mass is 297 g/mol. The first kappa shape index (κ1) is 14.6. The predicted molar refractivity (Wildman–Crippen MR) is 84.0 cm³/mol. The van der Waals surface area contributed by atoms with Crippen LogP contribution in [0.1, 0.15) is 5.56 Å². The average Bonchev–Trinajstić information content (AvgIpc) is 2.61. The van der Waals surface area contributed by atoms with Gasteiger partial charge in [0.2, 0.25) is 5.91 Å². The van der Waals surface area contributed by atoms with E-state index in [1.807, 2.05) is 24.3 Å². The summed E-state index contributed by atoms with van der Waals surface area (Å²) in [6.07, 6.45) is 3.45. The number of carbonyl (C=O) groups excluding carboxylic acids is 1. The summed E-state index contributed by atoms with van der Waals surface area (Å²) in [5.74, 6) is 0.734. The van der Waals surface area contributed by atoms with Gasteiger partial charge in [-0.25, -0.2) is 9.97 Å². The molecule has 2 heterocycles. The molecular weight excluding hydrogens is 278 g/mol. The van der Waals surface area contributed by atoms with Crippen LogP contribution in [-0.4, -0.2) is 41.6 Å². The van der Waals surface area contributed by atoms with Crippen LogP contribution >= 0.6 is 0 Å². The first-order chi connectivity index (χ1) is 10.8. The maximum atomic E-state index is 12.0. The quantitative estimate of drug-likeness (QED) is 0.757. The number of aromatic nitrogens is 2. The van der Waals surface area contributed by atoms with Crippen LogP contribution < -0.4 is 16.0 Å².